The number of piperazine rings is 1. The number of anilines is 1. The van der Waals surface area contributed by atoms with Crippen molar-refractivity contribution < 1.29 is 9.53 Å². The first-order valence-electron chi connectivity index (χ1n) is 13.1. The molecule has 1 N–H and O–H groups in total. The van der Waals surface area contributed by atoms with Crippen molar-refractivity contribution in [3.63, 3.8) is 0 Å². The third-order valence-electron chi connectivity index (χ3n) is 7.05. The van der Waals surface area contributed by atoms with Gasteiger partial charge in [0, 0.05) is 37.4 Å². The number of amides is 1. The van der Waals surface area contributed by atoms with Gasteiger partial charge in [-0.2, -0.15) is 5.10 Å². The largest absolute Gasteiger partial charge is 0.497 e. The van der Waals surface area contributed by atoms with Crippen molar-refractivity contribution in [2.24, 2.45) is 0 Å². The highest BCUT2D eigenvalue weighted by Gasteiger charge is 2.20. The van der Waals surface area contributed by atoms with E-state index in [9.17, 15) is 4.79 Å². The molecular weight excluding hydrogens is 474 g/mol. The molecule has 0 bridgehead atoms. The molecule has 1 fully saturated rings. The Morgan fingerprint density at radius 2 is 1.66 bits per heavy atom. The molecule has 7 nitrogen and oxygen atoms in total. The summed E-state index contributed by atoms with van der Waals surface area (Å²) in [5.74, 6) is 0.826. The van der Waals surface area contributed by atoms with Crippen LogP contribution in [0.25, 0.3) is 16.9 Å². The van der Waals surface area contributed by atoms with Gasteiger partial charge in [0.15, 0.2) is 0 Å². The molecule has 4 aromatic rings. The summed E-state index contributed by atoms with van der Waals surface area (Å²) in [4.78, 5) is 17.5. The second-order valence-electron chi connectivity index (χ2n) is 9.83. The molecule has 0 saturated carbocycles. The second-order valence-corrected chi connectivity index (χ2v) is 9.83. The summed E-state index contributed by atoms with van der Waals surface area (Å²) in [5, 5.41) is 7.90. The van der Waals surface area contributed by atoms with Crippen LogP contribution in [0.3, 0.4) is 0 Å². The average molecular weight is 510 g/mol. The van der Waals surface area contributed by atoms with Crippen molar-refractivity contribution in [1.29, 1.82) is 0 Å². The molecule has 5 rings (SSSR count). The van der Waals surface area contributed by atoms with E-state index in [-0.39, 0.29) is 5.91 Å². The maximum Gasteiger partial charge on any atom is 0.234 e. The minimum atomic E-state index is 0.0187. The number of carbonyl (C=O) groups excluding carboxylic acids is 1. The summed E-state index contributed by atoms with van der Waals surface area (Å²) >= 11 is 0. The first-order valence-corrected chi connectivity index (χ1v) is 13.1. The summed E-state index contributed by atoms with van der Waals surface area (Å²) in [6, 6.07) is 26.6. The van der Waals surface area contributed by atoms with Gasteiger partial charge in [-0.05, 0) is 67.9 Å². The zero-order valence-corrected chi connectivity index (χ0v) is 22.4. The van der Waals surface area contributed by atoms with E-state index >= 15 is 0 Å². The lowest BCUT2D eigenvalue weighted by Gasteiger charge is -2.36. The number of ether oxygens (including phenoxy) is 1. The van der Waals surface area contributed by atoms with Crippen LogP contribution in [0.1, 0.15) is 16.8 Å². The first kappa shape index (κ1) is 25.5. The van der Waals surface area contributed by atoms with Crippen molar-refractivity contribution in [2.75, 3.05) is 44.7 Å². The van der Waals surface area contributed by atoms with Crippen LogP contribution in [-0.2, 0) is 11.3 Å². The molecule has 2 heterocycles. The van der Waals surface area contributed by atoms with E-state index in [2.05, 4.69) is 47.2 Å². The number of hydrogen-bond donors (Lipinski definition) is 1. The molecule has 38 heavy (non-hydrogen) atoms. The lowest BCUT2D eigenvalue weighted by molar-refractivity contribution is -0.122. The number of nitrogens with zero attached hydrogens (tertiary/aromatic N) is 4. The maximum absolute atomic E-state index is 12.8. The van der Waals surface area contributed by atoms with Crippen molar-refractivity contribution in [1.82, 2.24) is 20.0 Å². The fourth-order valence-electron chi connectivity index (χ4n) is 5.01. The van der Waals surface area contributed by atoms with E-state index in [1.165, 1.54) is 16.8 Å². The molecule has 0 aliphatic carbocycles. The molecular formula is C31H35N5O2. The minimum Gasteiger partial charge on any atom is -0.497 e. The molecule has 1 amide bonds. The number of nitrogens with one attached hydrogen (secondary N) is 1. The summed E-state index contributed by atoms with van der Waals surface area (Å²) in [6.45, 7) is 8.64. The molecule has 0 unspecified atom stereocenters. The Hall–Kier alpha value is -4.10. The van der Waals surface area contributed by atoms with Crippen LogP contribution in [0.15, 0.2) is 78.9 Å². The third kappa shape index (κ3) is 5.89. The summed E-state index contributed by atoms with van der Waals surface area (Å²) < 4.78 is 7.24. The number of benzene rings is 3. The highest BCUT2D eigenvalue weighted by Crippen LogP contribution is 2.26. The highest BCUT2D eigenvalue weighted by molar-refractivity contribution is 5.78. The standard InChI is InChI=1S/C31H35N5O2/c1-23-9-14-29(24(2)19-23)35-17-15-34(16-18-35)22-31(37)32-21-26-20-30(25-10-12-28(38-3)13-11-25)36(33-26)27-7-5-4-6-8-27/h4-14,19-20H,15-18,21-22H2,1-3H3,(H,32,37). The Kier molecular flexibility index (Phi) is 7.75. The van der Waals surface area contributed by atoms with Crippen molar-refractivity contribution >= 4 is 11.6 Å². The van der Waals surface area contributed by atoms with Gasteiger partial charge in [-0.3, -0.25) is 9.69 Å². The fraction of sp³-hybridized carbons (Fsp3) is 0.290. The third-order valence-corrected chi connectivity index (χ3v) is 7.05. The topological polar surface area (TPSA) is 62.6 Å². The molecule has 196 valence electrons. The molecule has 1 aromatic heterocycles. The molecule has 7 heteroatoms. The van der Waals surface area contributed by atoms with E-state index in [1.54, 1.807) is 7.11 Å². The van der Waals surface area contributed by atoms with Gasteiger partial charge >= 0.3 is 0 Å². The van der Waals surface area contributed by atoms with Crippen LogP contribution in [0.2, 0.25) is 0 Å². The Balaban J connectivity index is 1.20. The van der Waals surface area contributed by atoms with E-state index in [0.29, 0.717) is 13.1 Å². The summed E-state index contributed by atoms with van der Waals surface area (Å²) in [5.41, 5.74) is 7.66. The predicted octanol–water partition coefficient (Wildman–Crippen LogP) is 4.60. The van der Waals surface area contributed by atoms with Crippen molar-refractivity contribution in [3.8, 4) is 22.7 Å². The molecule has 0 spiro atoms. The number of methoxy groups -OCH3 is 1. The average Bonchev–Trinajstić information content (AvgIpc) is 3.37. The van der Waals surface area contributed by atoms with Crippen molar-refractivity contribution in [3.05, 3.63) is 95.7 Å². The monoisotopic (exact) mass is 509 g/mol. The molecule has 0 atom stereocenters. The van der Waals surface area contributed by atoms with Gasteiger partial charge in [-0.1, -0.05) is 35.9 Å². The lowest BCUT2D eigenvalue weighted by atomic mass is 10.1. The van der Waals surface area contributed by atoms with Crippen LogP contribution in [-0.4, -0.2) is 60.4 Å². The molecule has 0 radical (unpaired) electrons. The Morgan fingerprint density at radius 1 is 0.921 bits per heavy atom. The Labute approximate surface area is 224 Å². The number of carbonyl (C=O) groups is 1. The number of aryl methyl sites for hydroxylation is 2. The molecule has 1 aliphatic heterocycles. The van der Waals surface area contributed by atoms with Gasteiger partial charge in [0.05, 0.1) is 37.3 Å². The zero-order valence-electron chi connectivity index (χ0n) is 22.4. The van der Waals surface area contributed by atoms with Crippen LogP contribution in [0, 0.1) is 13.8 Å². The quantitative estimate of drug-likeness (QED) is 0.376. The van der Waals surface area contributed by atoms with Crippen LogP contribution in [0.4, 0.5) is 5.69 Å². The minimum absolute atomic E-state index is 0.0187. The number of aromatic nitrogens is 2. The van der Waals surface area contributed by atoms with Gasteiger partial charge < -0.3 is 15.0 Å². The van der Waals surface area contributed by atoms with Gasteiger partial charge in [-0.25, -0.2) is 4.68 Å². The Bertz CT molecular complexity index is 1370. The van der Waals surface area contributed by atoms with Crippen LogP contribution in [0.5, 0.6) is 5.75 Å². The highest BCUT2D eigenvalue weighted by atomic mass is 16.5. The normalized spacial score (nSPS) is 13.9. The number of hydrogen-bond acceptors (Lipinski definition) is 5. The zero-order chi connectivity index (χ0) is 26.5. The second kappa shape index (κ2) is 11.5. The van der Waals surface area contributed by atoms with Crippen LogP contribution < -0.4 is 15.0 Å². The van der Waals surface area contributed by atoms with E-state index < -0.39 is 0 Å². The maximum atomic E-state index is 12.8. The van der Waals surface area contributed by atoms with E-state index in [1.807, 2.05) is 65.3 Å². The van der Waals surface area contributed by atoms with Crippen LogP contribution >= 0.6 is 0 Å². The number of rotatable bonds is 8. The molecule has 1 aliphatic rings. The molecule has 3 aromatic carbocycles. The smallest absolute Gasteiger partial charge is 0.234 e. The lowest BCUT2D eigenvalue weighted by Crippen LogP contribution is -2.49. The predicted molar refractivity (Wildman–Crippen MR) is 152 cm³/mol. The van der Waals surface area contributed by atoms with Gasteiger partial charge in [0.1, 0.15) is 5.75 Å². The fourth-order valence-corrected chi connectivity index (χ4v) is 5.01. The van der Waals surface area contributed by atoms with Gasteiger partial charge in [0.25, 0.3) is 0 Å². The van der Waals surface area contributed by atoms with Gasteiger partial charge in [0.2, 0.25) is 5.91 Å². The Morgan fingerprint density at radius 3 is 2.34 bits per heavy atom. The number of para-hydroxylation sites is 1. The van der Waals surface area contributed by atoms with E-state index in [4.69, 9.17) is 9.84 Å². The SMILES string of the molecule is COc1ccc(-c2cc(CNC(=O)CN3CCN(c4ccc(C)cc4C)CC3)nn2-c2ccccc2)cc1. The van der Waals surface area contributed by atoms with Crippen molar-refractivity contribution in [2.45, 2.75) is 20.4 Å². The summed E-state index contributed by atoms with van der Waals surface area (Å²) in [7, 11) is 1.66. The summed E-state index contributed by atoms with van der Waals surface area (Å²) in [6.07, 6.45) is 0. The first-order chi connectivity index (χ1) is 18.5. The van der Waals surface area contributed by atoms with Gasteiger partial charge in [-0.15, -0.1) is 0 Å². The van der Waals surface area contributed by atoms with E-state index in [0.717, 1.165) is 54.6 Å². The molecule has 1 saturated heterocycles.